The standard InChI is InChI=1S/C19H18O3.C19H16O3/c2*1-12(13-7-3-2-4-8-13)21-19(20)16-11-17-14-9-5-6-10-15(14)18(16)22-17/h2-10,12,16-18H,11H2,1H3;2-12,17-18H,1H3/t12-,16?,17-,18-;12-,17-,18-/m11/s1. The van der Waals surface area contributed by atoms with Crippen LogP contribution in [0.3, 0.4) is 0 Å². The molecule has 0 N–H and O–H groups in total. The fourth-order valence-corrected chi connectivity index (χ4v) is 6.63. The Hall–Kier alpha value is -4.52. The predicted octanol–water partition coefficient (Wildman–Crippen LogP) is 8.17. The summed E-state index contributed by atoms with van der Waals surface area (Å²) in [6, 6.07) is 35.8. The van der Waals surface area contributed by atoms with E-state index < -0.39 is 0 Å². The van der Waals surface area contributed by atoms with E-state index in [1.54, 1.807) is 0 Å². The molecule has 4 aliphatic heterocycles. The molecule has 6 heteroatoms. The number of carbonyl (C=O) groups is 2. The summed E-state index contributed by atoms with van der Waals surface area (Å²) in [6.45, 7) is 3.80. The molecule has 44 heavy (non-hydrogen) atoms. The molecule has 4 heterocycles. The Morgan fingerprint density at radius 2 is 1.20 bits per heavy atom. The lowest BCUT2D eigenvalue weighted by molar-refractivity contribution is -0.155. The normalized spacial score (nSPS) is 24.7. The molecule has 0 aliphatic carbocycles. The summed E-state index contributed by atoms with van der Waals surface area (Å²) >= 11 is 0. The maximum absolute atomic E-state index is 12.5. The van der Waals surface area contributed by atoms with Gasteiger partial charge in [-0.2, -0.15) is 0 Å². The highest BCUT2D eigenvalue weighted by Crippen LogP contribution is 2.54. The van der Waals surface area contributed by atoms with Crippen LogP contribution in [0, 0.1) is 5.92 Å². The van der Waals surface area contributed by atoms with Crippen LogP contribution in [0.4, 0.5) is 0 Å². The summed E-state index contributed by atoms with van der Waals surface area (Å²) in [7, 11) is 0. The number of hydrogen-bond acceptors (Lipinski definition) is 6. The van der Waals surface area contributed by atoms with Gasteiger partial charge in [0.25, 0.3) is 0 Å². The first-order chi connectivity index (χ1) is 21.5. The van der Waals surface area contributed by atoms with Gasteiger partial charge >= 0.3 is 11.9 Å². The summed E-state index contributed by atoms with van der Waals surface area (Å²) in [5.74, 6) is -0.636. The molecular weight excluding hydrogens is 552 g/mol. The van der Waals surface area contributed by atoms with Gasteiger partial charge in [0, 0.05) is 0 Å². The van der Waals surface area contributed by atoms with Gasteiger partial charge in [0.2, 0.25) is 0 Å². The molecular formula is C38H34O6. The lowest BCUT2D eigenvalue weighted by Crippen LogP contribution is -2.24. The van der Waals surface area contributed by atoms with E-state index in [9.17, 15) is 9.59 Å². The van der Waals surface area contributed by atoms with Crippen LogP contribution in [-0.2, 0) is 28.5 Å². The van der Waals surface area contributed by atoms with Gasteiger partial charge in [-0.3, -0.25) is 4.79 Å². The lowest BCUT2D eigenvalue weighted by Gasteiger charge is -2.22. The second-order valence-corrected chi connectivity index (χ2v) is 11.7. The van der Waals surface area contributed by atoms with E-state index in [0.29, 0.717) is 5.57 Å². The number of rotatable bonds is 6. The Labute approximate surface area is 257 Å². The van der Waals surface area contributed by atoms with Gasteiger partial charge in [0.15, 0.2) is 0 Å². The highest BCUT2D eigenvalue weighted by atomic mass is 16.6. The molecule has 0 saturated carbocycles. The van der Waals surface area contributed by atoms with Gasteiger partial charge in [0.05, 0.1) is 23.7 Å². The molecule has 222 valence electrons. The Morgan fingerprint density at radius 3 is 1.86 bits per heavy atom. The van der Waals surface area contributed by atoms with Crippen molar-refractivity contribution in [3.05, 3.63) is 154 Å². The smallest absolute Gasteiger partial charge is 0.337 e. The first-order valence-corrected chi connectivity index (χ1v) is 15.2. The van der Waals surface area contributed by atoms with Gasteiger partial charge in [-0.15, -0.1) is 0 Å². The molecule has 8 rings (SSSR count). The summed E-state index contributed by atoms with van der Waals surface area (Å²) in [5, 5.41) is 0. The average molecular weight is 587 g/mol. The van der Waals surface area contributed by atoms with E-state index in [1.165, 1.54) is 5.56 Å². The molecule has 6 nitrogen and oxygen atoms in total. The van der Waals surface area contributed by atoms with Crippen molar-refractivity contribution >= 4 is 11.9 Å². The molecule has 7 atom stereocenters. The van der Waals surface area contributed by atoms with Crippen LogP contribution in [0.1, 0.15) is 90.3 Å². The third-order valence-corrected chi connectivity index (χ3v) is 8.93. The van der Waals surface area contributed by atoms with Crippen molar-refractivity contribution in [3.63, 3.8) is 0 Å². The second-order valence-electron chi connectivity index (χ2n) is 11.7. The quantitative estimate of drug-likeness (QED) is 0.212. The van der Waals surface area contributed by atoms with Gasteiger partial charge in [-0.25, -0.2) is 4.79 Å². The summed E-state index contributed by atoms with van der Waals surface area (Å²) in [4.78, 5) is 25.0. The van der Waals surface area contributed by atoms with Crippen molar-refractivity contribution in [2.24, 2.45) is 5.92 Å². The van der Waals surface area contributed by atoms with Crippen LogP contribution in [-0.4, -0.2) is 11.9 Å². The largest absolute Gasteiger partial charge is 0.457 e. The maximum atomic E-state index is 12.5. The highest BCUT2D eigenvalue weighted by molar-refractivity contribution is 5.91. The number of esters is 2. The zero-order valence-electron chi connectivity index (χ0n) is 24.7. The van der Waals surface area contributed by atoms with Gasteiger partial charge < -0.3 is 18.9 Å². The molecule has 4 aromatic rings. The van der Waals surface area contributed by atoms with Gasteiger partial charge in [-0.1, -0.05) is 109 Å². The summed E-state index contributed by atoms with van der Waals surface area (Å²) in [6.07, 6.45) is 1.61. The Bertz CT molecular complexity index is 1700. The SMILES string of the molecule is C[C@@H](OC(=O)C1=C[C@H]2O[C@@H]1c1ccccc12)c1ccccc1.C[C@@H](OC(=O)C1C[C@H]2O[C@@H]1c1ccccc12)c1ccccc1. The van der Waals surface area contributed by atoms with E-state index in [-0.39, 0.29) is 54.5 Å². The predicted molar refractivity (Wildman–Crippen MR) is 164 cm³/mol. The molecule has 4 aromatic carbocycles. The Balaban J connectivity index is 0.000000142. The molecule has 1 saturated heterocycles. The summed E-state index contributed by atoms with van der Waals surface area (Å²) in [5.41, 5.74) is 7.22. The minimum atomic E-state index is -0.293. The maximum Gasteiger partial charge on any atom is 0.337 e. The molecule has 0 spiro atoms. The molecule has 4 aliphatic rings. The summed E-state index contributed by atoms with van der Waals surface area (Å²) < 4.78 is 23.1. The van der Waals surface area contributed by atoms with E-state index >= 15 is 0 Å². The van der Waals surface area contributed by atoms with Crippen LogP contribution in [0.5, 0.6) is 0 Å². The molecule has 0 amide bonds. The number of carbonyl (C=O) groups excluding carboxylic acids is 2. The van der Waals surface area contributed by atoms with Gasteiger partial charge in [0.1, 0.15) is 24.4 Å². The topological polar surface area (TPSA) is 71.1 Å². The number of hydrogen-bond donors (Lipinski definition) is 0. The van der Waals surface area contributed by atoms with E-state index in [0.717, 1.165) is 34.2 Å². The second kappa shape index (κ2) is 11.9. The first kappa shape index (κ1) is 28.3. The Morgan fingerprint density at radius 1 is 0.659 bits per heavy atom. The molecule has 0 radical (unpaired) electrons. The van der Waals surface area contributed by atoms with E-state index in [4.69, 9.17) is 18.9 Å². The molecule has 4 bridgehead atoms. The minimum absolute atomic E-state index is 0.0470. The zero-order chi connectivity index (χ0) is 30.2. The fourth-order valence-electron chi connectivity index (χ4n) is 6.63. The molecule has 1 unspecified atom stereocenters. The fraction of sp³-hybridized carbons (Fsp3) is 0.263. The monoisotopic (exact) mass is 586 g/mol. The lowest BCUT2D eigenvalue weighted by atomic mass is 9.84. The van der Waals surface area contributed by atoms with Crippen LogP contribution < -0.4 is 0 Å². The van der Waals surface area contributed by atoms with Crippen LogP contribution in [0.2, 0.25) is 0 Å². The number of ether oxygens (including phenoxy) is 4. The van der Waals surface area contributed by atoms with E-state index in [1.807, 2.05) is 117 Å². The van der Waals surface area contributed by atoms with Crippen molar-refractivity contribution in [1.82, 2.24) is 0 Å². The number of fused-ring (bicyclic) bond motifs is 10. The van der Waals surface area contributed by atoms with Crippen molar-refractivity contribution in [2.45, 2.75) is 56.9 Å². The van der Waals surface area contributed by atoms with E-state index in [2.05, 4.69) is 12.1 Å². The number of benzene rings is 4. The zero-order valence-corrected chi connectivity index (χ0v) is 24.7. The van der Waals surface area contributed by atoms with Crippen molar-refractivity contribution in [3.8, 4) is 0 Å². The first-order valence-electron chi connectivity index (χ1n) is 15.2. The minimum Gasteiger partial charge on any atom is -0.457 e. The third-order valence-electron chi connectivity index (χ3n) is 8.93. The van der Waals surface area contributed by atoms with Crippen LogP contribution >= 0.6 is 0 Å². The average Bonchev–Trinajstić information content (AvgIpc) is 3.87. The molecule has 1 fully saturated rings. The van der Waals surface area contributed by atoms with Crippen molar-refractivity contribution in [1.29, 1.82) is 0 Å². The van der Waals surface area contributed by atoms with Crippen LogP contribution in [0.25, 0.3) is 0 Å². The van der Waals surface area contributed by atoms with Crippen LogP contribution in [0.15, 0.2) is 121 Å². The van der Waals surface area contributed by atoms with Crippen molar-refractivity contribution < 1.29 is 28.5 Å². The third kappa shape index (κ3) is 5.25. The highest BCUT2D eigenvalue weighted by Gasteiger charge is 2.49. The van der Waals surface area contributed by atoms with Gasteiger partial charge in [-0.05, 0) is 59.7 Å². The Kier molecular flexibility index (Phi) is 7.62. The van der Waals surface area contributed by atoms with Crippen molar-refractivity contribution in [2.75, 3.05) is 0 Å². The molecule has 0 aromatic heterocycles.